The van der Waals surface area contributed by atoms with E-state index in [9.17, 15) is 0 Å². The van der Waals surface area contributed by atoms with Crippen molar-refractivity contribution in [3.8, 4) is 0 Å². The lowest BCUT2D eigenvalue weighted by Gasteiger charge is -2.22. The van der Waals surface area contributed by atoms with E-state index in [1.165, 1.54) is 0 Å². The highest BCUT2D eigenvalue weighted by molar-refractivity contribution is 7.80. The van der Waals surface area contributed by atoms with Gasteiger partial charge in [0, 0.05) is 19.6 Å². The molecule has 0 saturated heterocycles. The molecule has 1 N–H and O–H groups in total. The molecule has 0 aromatic rings. The lowest BCUT2D eigenvalue weighted by molar-refractivity contribution is 0.501. The molecule has 13 heavy (non-hydrogen) atoms. The Morgan fingerprint density at radius 1 is 1.38 bits per heavy atom. The lowest BCUT2D eigenvalue weighted by atomic mass is 10.4. The Hall–Kier alpha value is -0.830. The van der Waals surface area contributed by atoms with E-state index < -0.39 is 0 Å². The predicted octanol–water partition coefficient (Wildman–Crippen LogP) is 1.94. The first kappa shape index (κ1) is 12.2. The highest BCUT2D eigenvalue weighted by atomic mass is 32.1. The second kappa shape index (κ2) is 7.80. The molecule has 0 heterocycles. The van der Waals surface area contributed by atoms with Crippen molar-refractivity contribution in [2.45, 2.75) is 13.3 Å². The Balaban J connectivity index is 3.93. The third-order valence-electron chi connectivity index (χ3n) is 1.51. The Morgan fingerprint density at radius 3 is 2.31 bits per heavy atom. The van der Waals surface area contributed by atoms with Gasteiger partial charge in [0.15, 0.2) is 5.11 Å². The maximum Gasteiger partial charge on any atom is 0.169 e. The fourth-order valence-corrected chi connectivity index (χ4v) is 1.15. The summed E-state index contributed by atoms with van der Waals surface area (Å²) in [7, 11) is 0. The van der Waals surface area contributed by atoms with Crippen LogP contribution in [0.4, 0.5) is 0 Å². The van der Waals surface area contributed by atoms with E-state index in [1.807, 2.05) is 17.1 Å². The Morgan fingerprint density at radius 2 is 1.92 bits per heavy atom. The monoisotopic (exact) mass is 198 g/mol. The highest BCUT2D eigenvalue weighted by Gasteiger charge is 2.03. The largest absolute Gasteiger partial charge is 0.363 e. The van der Waals surface area contributed by atoms with Crippen molar-refractivity contribution in [1.82, 2.24) is 10.2 Å². The van der Waals surface area contributed by atoms with Crippen LogP contribution in [-0.4, -0.2) is 29.6 Å². The molecule has 0 rings (SSSR count). The predicted molar refractivity (Wildman–Crippen MR) is 62.9 cm³/mol. The van der Waals surface area contributed by atoms with E-state index in [4.69, 9.17) is 12.2 Å². The molecule has 2 nitrogen and oxygen atoms in total. The van der Waals surface area contributed by atoms with Crippen LogP contribution in [0, 0.1) is 0 Å². The van der Waals surface area contributed by atoms with Gasteiger partial charge in [0.05, 0.1) is 0 Å². The van der Waals surface area contributed by atoms with Gasteiger partial charge < -0.3 is 10.2 Å². The van der Waals surface area contributed by atoms with Gasteiger partial charge in [-0.15, -0.1) is 13.2 Å². The summed E-state index contributed by atoms with van der Waals surface area (Å²) in [5.41, 5.74) is 0. The summed E-state index contributed by atoms with van der Waals surface area (Å²) < 4.78 is 0. The maximum atomic E-state index is 5.19. The van der Waals surface area contributed by atoms with Crippen molar-refractivity contribution in [3.63, 3.8) is 0 Å². The van der Waals surface area contributed by atoms with Crippen LogP contribution in [0.15, 0.2) is 25.3 Å². The fraction of sp³-hybridized carbons (Fsp3) is 0.500. The van der Waals surface area contributed by atoms with Crippen LogP contribution in [-0.2, 0) is 0 Å². The van der Waals surface area contributed by atoms with Crippen LogP contribution in [0.1, 0.15) is 13.3 Å². The summed E-state index contributed by atoms with van der Waals surface area (Å²) in [4.78, 5) is 2.02. The molecule has 0 bridgehead atoms. The minimum absolute atomic E-state index is 0.765. The van der Waals surface area contributed by atoms with E-state index in [0.717, 1.165) is 31.2 Å². The molecular formula is C10H18N2S. The van der Waals surface area contributed by atoms with Crippen molar-refractivity contribution in [3.05, 3.63) is 25.3 Å². The molecule has 0 aliphatic carbocycles. The Kier molecular flexibility index (Phi) is 7.30. The number of hydrogen-bond acceptors (Lipinski definition) is 1. The van der Waals surface area contributed by atoms with Gasteiger partial charge in [-0.3, -0.25) is 0 Å². The average Bonchev–Trinajstić information content (AvgIpc) is 2.14. The van der Waals surface area contributed by atoms with Gasteiger partial charge in [-0.2, -0.15) is 0 Å². The van der Waals surface area contributed by atoms with Crippen molar-refractivity contribution >= 4 is 17.3 Å². The van der Waals surface area contributed by atoms with Crippen molar-refractivity contribution in [1.29, 1.82) is 0 Å². The summed E-state index contributed by atoms with van der Waals surface area (Å²) in [6.45, 7) is 11.9. The van der Waals surface area contributed by atoms with Crippen LogP contribution in [0.2, 0.25) is 0 Å². The molecular weight excluding hydrogens is 180 g/mol. The summed E-state index contributed by atoms with van der Waals surface area (Å²) in [6.07, 6.45) is 4.75. The first-order valence-electron chi connectivity index (χ1n) is 4.50. The van der Waals surface area contributed by atoms with Gasteiger partial charge in [0.25, 0.3) is 0 Å². The summed E-state index contributed by atoms with van der Waals surface area (Å²) in [5, 5.41) is 3.94. The van der Waals surface area contributed by atoms with Gasteiger partial charge in [-0.05, 0) is 18.6 Å². The van der Waals surface area contributed by atoms with Gasteiger partial charge >= 0.3 is 0 Å². The first-order valence-corrected chi connectivity index (χ1v) is 4.91. The number of nitrogens with zero attached hydrogens (tertiary/aromatic N) is 1. The molecule has 0 spiro atoms. The SMILES string of the molecule is C=CCN(CC=C)C(=S)NCCC. The smallest absolute Gasteiger partial charge is 0.169 e. The molecule has 0 aliphatic rings. The van der Waals surface area contributed by atoms with Gasteiger partial charge in [-0.1, -0.05) is 19.1 Å². The van der Waals surface area contributed by atoms with Crippen LogP contribution < -0.4 is 5.32 Å². The number of nitrogens with one attached hydrogen (secondary N) is 1. The normalized spacial score (nSPS) is 9.00. The molecule has 0 amide bonds. The van der Waals surface area contributed by atoms with E-state index in [1.54, 1.807) is 0 Å². The fourth-order valence-electron chi connectivity index (χ4n) is 0.896. The molecule has 0 fully saturated rings. The summed E-state index contributed by atoms with van der Waals surface area (Å²) >= 11 is 5.19. The molecule has 0 radical (unpaired) electrons. The van der Waals surface area contributed by atoms with Crippen molar-refractivity contribution in [2.24, 2.45) is 0 Å². The van der Waals surface area contributed by atoms with Gasteiger partial charge in [-0.25, -0.2) is 0 Å². The molecule has 74 valence electrons. The van der Waals surface area contributed by atoms with Crippen LogP contribution in [0.25, 0.3) is 0 Å². The van der Waals surface area contributed by atoms with Crippen molar-refractivity contribution in [2.75, 3.05) is 19.6 Å². The minimum Gasteiger partial charge on any atom is -0.363 e. The zero-order valence-corrected chi connectivity index (χ0v) is 9.07. The zero-order valence-electron chi connectivity index (χ0n) is 8.25. The molecule has 0 atom stereocenters. The van der Waals surface area contributed by atoms with Gasteiger partial charge in [0.1, 0.15) is 0 Å². The number of thiocarbonyl (C=S) groups is 1. The average molecular weight is 198 g/mol. The van der Waals surface area contributed by atoms with E-state index >= 15 is 0 Å². The third kappa shape index (κ3) is 5.42. The van der Waals surface area contributed by atoms with Crippen LogP contribution in [0.5, 0.6) is 0 Å². The molecule has 0 unspecified atom stereocenters. The minimum atomic E-state index is 0.765. The third-order valence-corrected chi connectivity index (χ3v) is 1.91. The molecule has 0 aromatic carbocycles. The van der Waals surface area contributed by atoms with Crippen molar-refractivity contribution < 1.29 is 0 Å². The van der Waals surface area contributed by atoms with Crippen LogP contribution in [0.3, 0.4) is 0 Å². The maximum absolute atomic E-state index is 5.19. The number of hydrogen-bond donors (Lipinski definition) is 1. The van der Waals surface area contributed by atoms with E-state index in [-0.39, 0.29) is 0 Å². The van der Waals surface area contributed by atoms with E-state index in [2.05, 4.69) is 25.4 Å². The molecule has 0 aromatic heterocycles. The van der Waals surface area contributed by atoms with Crippen LogP contribution >= 0.6 is 12.2 Å². The topological polar surface area (TPSA) is 15.3 Å². The summed E-state index contributed by atoms with van der Waals surface area (Å²) in [6, 6.07) is 0. The Labute approximate surface area is 86.3 Å². The second-order valence-electron chi connectivity index (χ2n) is 2.71. The molecule has 0 aliphatic heterocycles. The highest BCUT2D eigenvalue weighted by Crippen LogP contribution is 1.91. The number of rotatable bonds is 6. The second-order valence-corrected chi connectivity index (χ2v) is 3.10. The van der Waals surface area contributed by atoms with E-state index in [0.29, 0.717) is 0 Å². The molecule has 3 heteroatoms. The first-order chi connectivity index (χ1) is 6.26. The Bertz CT molecular complexity index is 168. The molecule has 0 saturated carbocycles. The standard InChI is InChI=1S/C10H18N2S/c1-4-7-11-10(13)12(8-5-2)9-6-3/h5-6H,2-4,7-9H2,1H3,(H,11,13). The summed E-state index contributed by atoms with van der Waals surface area (Å²) in [5.74, 6) is 0. The lowest BCUT2D eigenvalue weighted by Crippen LogP contribution is -2.40. The zero-order chi connectivity index (χ0) is 10.1. The van der Waals surface area contributed by atoms with Gasteiger partial charge in [0.2, 0.25) is 0 Å². The quantitative estimate of drug-likeness (QED) is 0.519.